The van der Waals surface area contributed by atoms with E-state index in [0.717, 1.165) is 85.0 Å². The largest absolute Gasteiger partial charge is 0.474 e. The van der Waals surface area contributed by atoms with Crippen molar-refractivity contribution in [3.63, 3.8) is 0 Å². The van der Waals surface area contributed by atoms with Crippen molar-refractivity contribution in [3.8, 4) is 5.88 Å². The predicted octanol–water partition coefficient (Wildman–Crippen LogP) is 4.61. The average Bonchev–Trinajstić information content (AvgIpc) is 3.19. The molecule has 0 bridgehead atoms. The molecule has 3 amide bonds. The van der Waals surface area contributed by atoms with Crippen molar-refractivity contribution in [1.82, 2.24) is 20.1 Å². The molecular weight excluding hydrogens is 726 g/mol. The number of carbonyl (C=O) groups is 3. The topological polar surface area (TPSA) is 135 Å². The smallest absolute Gasteiger partial charge is 0.237 e. The molecule has 6 heterocycles. The Bertz CT molecular complexity index is 2120. The summed E-state index contributed by atoms with van der Waals surface area (Å²) >= 11 is 0. The van der Waals surface area contributed by atoms with Crippen LogP contribution in [0.2, 0.25) is 0 Å². The van der Waals surface area contributed by atoms with Gasteiger partial charge in [0.1, 0.15) is 23.9 Å². The summed E-state index contributed by atoms with van der Waals surface area (Å²) in [5, 5.41) is 9.02. The van der Waals surface area contributed by atoms with Crippen LogP contribution in [0.25, 0.3) is 0 Å². The number of piperidine rings is 2. The maximum atomic E-state index is 15.3. The highest BCUT2D eigenvalue weighted by molar-refractivity contribution is 6.01. The molecule has 8 rings (SSSR count). The monoisotopic (exact) mass is 775 g/mol. The molecule has 4 saturated heterocycles. The lowest BCUT2D eigenvalue weighted by atomic mass is 9.90. The molecule has 3 aromatic rings. The van der Waals surface area contributed by atoms with Crippen molar-refractivity contribution in [3.05, 3.63) is 95.1 Å². The predicted molar refractivity (Wildman–Crippen MR) is 220 cm³/mol. The Labute approximate surface area is 332 Å². The van der Waals surface area contributed by atoms with Crippen molar-refractivity contribution >= 4 is 46.3 Å². The van der Waals surface area contributed by atoms with Crippen LogP contribution >= 0.6 is 0 Å². The second-order valence-corrected chi connectivity index (χ2v) is 15.5. The second-order valence-electron chi connectivity index (χ2n) is 15.5. The van der Waals surface area contributed by atoms with Gasteiger partial charge in [-0.25, -0.2) is 14.4 Å². The number of halogens is 1. The fraction of sp³-hybridized carbons (Fsp3) is 0.419. The van der Waals surface area contributed by atoms with Gasteiger partial charge >= 0.3 is 0 Å². The van der Waals surface area contributed by atoms with Crippen molar-refractivity contribution in [2.75, 3.05) is 85.9 Å². The van der Waals surface area contributed by atoms with E-state index in [1.165, 1.54) is 6.07 Å². The summed E-state index contributed by atoms with van der Waals surface area (Å²) in [4.78, 5) is 55.0. The van der Waals surface area contributed by atoms with Gasteiger partial charge in [-0.1, -0.05) is 24.8 Å². The molecule has 0 saturated carbocycles. The van der Waals surface area contributed by atoms with E-state index in [0.29, 0.717) is 68.1 Å². The number of aliphatic imine (C=N–C) groups is 1. The molecule has 1 atom stereocenters. The maximum absolute atomic E-state index is 15.3. The van der Waals surface area contributed by atoms with Crippen LogP contribution in [-0.2, 0) is 20.8 Å². The number of fused-ring (bicyclic) bond motifs is 1. The number of hydrogen-bond acceptors (Lipinski definition) is 10. The lowest BCUT2D eigenvalue weighted by molar-refractivity contribution is -0.134. The number of piperazine rings is 1. The number of nitrogens with zero attached hydrogens (tertiary/aromatic N) is 6. The van der Waals surface area contributed by atoms with Gasteiger partial charge in [0.15, 0.2) is 0 Å². The Kier molecular flexibility index (Phi) is 11.0. The zero-order valence-corrected chi connectivity index (χ0v) is 32.7. The van der Waals surface area contributed by atoms with Gasteiger partial charge in [-0.2, -0.15) is 0 Å². The first-order valence-electron chi connectivity index (χ1n) is 19.9. The summed E-state index contributed by atoms with van der Waals surface area (Å²) in [5.41, 5.74) is 8.19. The molecule has 3 N–H and O–H groups in total. The van der Waals surface area contributed by atoms with Crippen LogP contribution in [0.3, 0.4) is 0 Å². The van der Waals surface area contributed by atoms with E-state index in [1.54, 1.807) is 12.1 Å². The molecule has 298 valence electrons. The Morgan fingerprint density at radius 2 is 1.86 bits per heavy atom. The second kappa shape index (κ2) is 16.4. The van der Waals surface area contributed by atoms with E-state index in [2.05, 4.69) is 54.1 Å². The highest BCUT2D eigenvalue weighted by Crippen LogP contribution is 2.37. The highest BCUT2D eigenvalue weighted by atomic mass is 19.1. The van der Waals surface area contributed by atoms with Crippen LogP contribution in [0.4, 0.5) is 27.1 Å². The van der Waals surface area contributed by atoms with E-state index in [-0.39, 0.29) is 30.1 Å². The molecule has 13 nitrogen and oxygen atoms in total. The molecule has 0 aliphatic carbocycles. The number of anilines is 4. The third-order valence-electron chi connectivity index (χ3n) is 11.8. The highest BCUT2D eigenvalue weighted by Gasteiger charge is 2.35. The summed E-state index contributed by atoms with van der Waals surface area (Å²) < 4.78 is 20.9. The minimum atomic E-state index is -0.424. The van der Waals surface area contributed by atoms with Crippen LogP contribution in [0.15, 0.2) is 77.6 Å². The zero-order chi connectivity index (χ0) is 39.6. The van der Waals surface area contributed by atoms with Gasteiger partial charge in [-0.15, -0.1) is 0 Å². The van der Waals surface area contributed by atoms with Gasteiger partial charge in [-0.05, 0) is 73.2 Å². The molecule has 14 heteroatoms. The van der Waals surface area contributed by atoms with Crippen molar-refractivity contribution < 1.29 is 23.5 Å². The number of carbonyl (C=O) groups excluding carboxylic acids is 3. The molecule has 0 spiro atoms. The van der Waals surface area contributed by atoms with Crippen LogP contribution in [-0.4, -0.2) is 110 Å². The fourth-order valence-corrected chi connectivity index (χ4v) is 8.36. The van der Waals surface area contributed by atoms with Gasteiger partial charge in [0.25, 0.3) is 0 Å². The number of amides is 3. The standard InChI is InChI=1S/C43H50FN9O4/c1-27-24-52(38-23-47-43-41(28(38)2)45-13-19-57-43)14-12-32(27)22-46-29(3)48-33-7-4-31(37(44)21-33)20-40(55)51-17-15-50(16-18-51)35-25-53(26-35)34-8-5-30(6-9-34)36-10-11-39(54)49-42(36)56/h4-9,21-23,35-36,45H,1,10-20,24-26H2,2-3H3,(H,46,48)(H,49,54,56)/b32-22-. The first kappa shape index (κ1) is 38.1. The minimum Gasteiger partial charge on any atom is -0.474 e. The van der Waals surface area contributed by atoms with Gasteiger partial charge in [0.2, 0.25) is 23.6 Å². The molecular formula is C43H50FN9O4. The molecule has 5 aliphatic rings. The molecule has 5 aliphatic heterocycles. The lowest BCUT2D eigenvalue weighted by Gasteiger charge is -2.49. The molecule has 57 heavy (non-hydrogen) atoms. The van der Waals surface area contributed by atoms with Crippen LogP contribution in [0, 0.1) is 12.7 Å². The molecule has 0 radical (unpaired) electrons. The van der Waals surface area contributed by atoms with Crippen LogP contribution in [0.5, 0.6) is 5.88 Å². The van der Waals surface area contributed by atoms with Crippen LogP contribution < -0.4 is 30.5 Å². The molecule has 1 unspecified atom stereocenters. The third kappa shape index (κ3) is 8.36. The lowest BCUT2D eigenvalue weighted by Crippen LogP contribution is -2.63. The molecule has 4 fully saturated rings. The Morgan fingerprint density at radius 3 is 2.60 bits per heavy atom. The van der Waals surface area contributed by atoms with E-state index in [9.17, 15) is 14.4 Å². The molecule has 1 aromatic heterocycles. The van der Waals surface area contributed by atoms with Gasteiger partial charge in [0, 0.05) is 94.5 Å². The Hall–Kier alpha value is -5.76. The van der Waals surface area contributed by atoms with E-state index in [1.807, 2.05) is 48.5 Å². The first-order chi connectivity index (χ1) is 27.6. The van der Waals surface area contributed by atoms with Gasteiger partial charge < -0.3 is 30.1 Å². The van der Waals surface area contributed by atoms with E-state index >= 15 is 4.39 Å². The summed E-state index contributed by atoms with van der Waals surface area (Å²) in [5.74, 6) is 0.0749. The number of imide groups is 1. The number of benzene rings is 2. The quantitative estimate of drug-likeness (QED) is 0.169. The Balaban J connectivity index is 0.772. The minimum absolute atomic E-state index is 0.0156. The summed E-state index contributed by atoms with van der Waals surface area (Å²) in [6.45, 7) is 15.7. The van der Waals surface area contributed by atoms with Gasteiger partial charge in [-0.3, -0.25) is 24.6 Å². The van der Waals surface area contributed by atoms with E-state index < -0.39 is 5.82 Å². The first-order valence-corrected chi connectivity index (χ1v) is 19.9. The zero-order valence-electron chi connectivity index (χ0n) is 32.7. The molecule has 2 aromatic carbocycles. The normalized spacial score (nSPS) is 21.4. The fourth-order valence-electron chi connectivity index (χ4n) is 8.36. The summed E-state index contributed by atoms with van der Waals surface area (Å²) in [6.07, 6.45) is 5.42. The number of ether oxygens (including phenoxy) is 1. The summed E-state index contributed by atoms with van der Waals surface area (Å²) in [6, 6.07) is 13.4. The Morgan fingerprint density at radius 1 is 1.07 bits per heavy atom. The van der Waals surface area contributed by atoms with Crippen molar-refractivity contribution in [1.29, 1.82) is 0 Å². The SMILES string of the molecule is C=C1CN(c2cnc3c(c2C)NCCO3)CC/C1=C/N=C(C)Nc1ccc(CC(=O)N2CCN(C3CN(c4ccc(C5CCC(=O)NC5=O)cc4)C3)CC2)c(F)c1. The average molecular weight is 776 g/mol. The van der Waals surface area contributed by atoms with Crippen LogP contribution in [0.1, 0.15) is 48.8 Å². The van der Waals surface area contributed by atoms with Gasteiger partial charge in [0.05, 0.1) is 24.2 Å². The van der Waals surface area contributed by atoms with Crippen molar-refractivity contribution in [2.24, 2.45) is 4.99 Å². The number of hydrogen-bond donors (Lipinski definition) is 3. The van der Waals surface area contributed by atoms with E-state index in [4.69, 9.17) is 4.74 Å². The summed E-state index contributed by atoms with van der Waals surface area (Å²) in [7, 11) is 0. The van der Waals surface area contributed by atoms with Crippen molar-refractivity contribution in [2.45, 2.75) is 51.5 Å². The number of nitrogens with one attached hydrogen (secondary N) is 3. The number of amidine groups is 1. The maximum Gasteiger partial charge on any atom is 0.237 e. The number of rotatable bonds is 8. The number of aromatic nitrogens is 1. The third-order valence-corrected chi connectivity index (χ3v) is 11.8. The number of pyridine rings is 1.